The standard InChI is InChI=1S/C17H20ClN3O2/c1-9-13(16(22)19-3)15(11-7-5-6-8-12(11)18)14(10(2)21-9)17(23)20-4/h5-8,15,21H,1-4H3,(H,19,22)(H,20,23). The Morgan fingerprint density at radius 1 is 1.00 bits per heavy atom. The van der Waals surface area contributed by atoms with Gasteiger partial charge in [0, 0.05) is 47.6 Å². The molecule has 1 heterocycles. The number of benzene rings is 1. The fourth-order valence-corrected chi connectivity index (χ4v) is 3.13. The van der Waals surface area contributed by atoms with Gasteiger partial charge in [0.1, 0.15) is 0 Å². The molecule has 0 saturated carbocycles. The van der Waals surface area contributed by atoms with Gasteiger partial charge in [0.05, 0.1) is 0 Å². The first-order valence-electron chi connectivity index (χ1n) is 7.29. The lowest BCUT2D eigenvalue weighted by atomic mass is 9.79. The maximum Gasteiger partial charge on any atom is 0.249 e. The summed E-state index contributed by atoms with van der Waals surface area (Å²) in [5.41, 5.74) is 3.13. The number of carbonyl (C=O) groups is 2. The minimum absolute atomic E-state index is 0.242. The molecule has 0 unspecified atom stereocenters. The highest BCUT2D eigenvalue weighted by Crippen LogP contribution is 2.40. The van der Waals surface area contributed by atoms with Crippen LogP contribution in [-0.4, -0.2) is 25.9 Å². The van der Waals surface area contributed by atoms with Crippen molar-refractivity contribution in [1.29, 1.82) is 0 Å². The van der Waals surface area contributed by atoms with Crippen molar-refractivity contribution < 1.29 is 9.59 Å². The molecule has 0 fully saturated rings. The summed E-state index contributed by atoms with van der Waals surface area (Å²) >= 11 is 6.35. The normalized spacial score (nSPS) is 15.3. The molecule has 1 aliphatic heterocycles. The number of allylic oxidation sites excluding steroid dienone is 2. The number of rotatable bonds is 3. The van der Waals surface area contributed by atoms with Crippen molar-refractivity contribution in [2.45, 2.75) is 19.8 Å². The van der Waals surface area contributed by atoms with Crippen LogP contribution in [-0.2, 0) is 9.59 Å². The van der Waals surface area contributed by atoms with Crippen LogP contribution < -0.4 is 16.0 Å². The molecule has 1 aliphatic rings. The molecule has 0 bridgehead atoms. The van der Waals surface area contributed by atoms with Gasteiger partial charge >= 0.3 is 0 Å². The van der Waals surface area contributed by atoms with E-state index in [1.807, 2.05) is 32.0 Å². The van der Waals surface area contributed by atoms with E-state index >= 15 is 0 Å². The largest absolute Gasteiger partial charge is 0.362 e. The number of hydrogen-bond donors (Lipinski definition) is 3. The van der Waals surface area contributed by atoms with Crippen molar-refractivity contribution in [2.75, 3.05) is 14.1 Å². The third-order valence-electron chi connectivity index (χ3n) is 3.92. The Bertz CT molecular complexity index is 684. The molecule has 0 aliphatic carbocycles. The van der Waals surface area contributed by atoms with E-state index in [4.69, 9.17) is 11.6 Å². The zero-order chi connectivity index (χ0) is 17.1. The van der Waals surface area contributed by atoms with Crippen molar-refractivity contribution in [3.8, 4) is 0 Å². The molecule has 0 saturated heterocycles. The first-order valence-corrected chi connectivity index (χ1v) is 7.67. The zero-order valence-corrected chi connectivity index (χ0v) is 14.3. The Balaban J connectivity index is 2.73. The van der Waals surface area contributed by atoms with Crippen LogP contribution in [0.4, 0.5) is 0 Å². The summed E-state index contributed by atoms with van der Waals surface area (Å²) in [6.45, 7) is 3.64. The van der Waals surface area contributed by atoms with Crippen LogP contribution in [0, 0.1) is 0 Å². The Kier molecular flexibility index (Phi) is 5.11. The van der Waals surface area contributed by atoms with Gasteiger partial charge in [-0.15, -0.1) is 0 Å². The molecule has 0 radical (unpaired) electrons. The fourth-order valence-electron chi connectivity index (χ4n) is 2.89. The first kappa shape index (κ1) is 17.1. The highest BCUT2D eigenvalue weighted by Gasteiger charge is 2.36. The third-order valence-corrected chi connectivity index (χ3v) is 4.26. The molecule has 5 nitrogen and oxygen atoms in total. The molecular formula is C17H20ClN3O2. The summed E-state index contributed by atoms with van der Waals surface area (Å²) in [7, 11) is 3.13. The SMILES string of the molecule is CNC(=O)C1=C(C)NC(C)=C(C(=O)NC)C1c1ccccc1Cl. The number of amides is 2. The van der Waals surface area contributed by atoms with Gasteiger partial charge in [-0.3, -0.25) is 9.59 Å². The van der Waals surface area contributed by atoms with Crippen LogP contribution in [0.1, 0.15) is 25.3 Å². The lowest BCUT2D eigenvalue weighted by molar-refractivity contribution is -0.117. The van der Waals surface area contributed by atoms with Crippen molar-refractivity contribution in [3.05, 3.63) is 57.4 Å². The summed E-state index contributed by atoms with van der Waals surface area (Å²) in [6, 6.07) is 7.26. The van der Waals surface area contributed by atoms with Crippen molar-refractivity contribution in [3.63, 3.8) is 0 Å². The predicted molar refractivity (Wildman–Crippen MR) is 90.9 cm³/mol. The molecule has 0 aromatic heterocycles. The number of halogens is 1. The Hall–Kier alpha value is -2.27. The summed E-state index contributed by atoms with van der Waals surface area (Å²) in [6.07, 6.45) is 0. The highest BCUT2D eigenvalue weighted by molar-refractivity contribution is 6.31. The van der Waals surface area contributed by atoms with Gasteiger partial charge in [0.25, 0.3) is 0 Å². The molecule has 0 atom stereocenters. The zero-order valence-electron chi connectivity index (χ0n) is 13.6. The fraction of sp³-hybridized carbons (Fsp3) is 0.294. The van der Waals surface area contributed by atoms with E-state index < -0.39 is 5.92 Å². The number of dihydropyridines is 1. The summed E-state index contributed by atoms with van der Waals surface area (Å²) in [5, 5.41) is 8.92. The van der Waals surface area contributed by atoms with E-state index in [0.717, 1.165) is 5.56 Å². The van der Waals surface area contributed by atoms with Gasteiger partial charge in [0.15, 0.2) is 0 Å². The van der Waals surface area contributed by atoms with E-state index in [-0.39, 0.29) is 11.8 Å². The molecule has 2 rings (SSSR count). The van der Waals surface area contributed by atoms with Gasteiger partial charge in [0.2, 0.25) is 11.8 Å². The second-order valence-corrected chi connectivity index (χ2v) is 5.72. The van der Waals surface area contributed by atoms with Crippen LogP contribution in [0.25, 0.3) is 0 Å². The maximum absolute atomic E-state index is 12.4. The van der Waals surface area contributed by atoms with Gasteiger partial charge in [-0.25, -0.2) is 0 Å². The number of nitrogens with one attached hydrogen (secondary N) is 3. The average Bonchev–Trinajstić information content (AvgIpc) is 2.53. The highest BCUT2D eigenvalue weighted by atomic mass is 35.5. The predicted octanol–water partition coefficient (Wildman–Crippen LogP) is 2.07. The van der Waals surface area contributed by atoms with Crippen molar-refractivity contribution >= 4 is 23.4 Å². The Morgan fingerprint density at radius 3 is 1.91 bits per heavy atom. The minimum Gasteiger partial charge on any atom is -0.362 e. The van der Waals surface area contributed by atoms with Crippen LogP contribution >= 0.6 is 11.6 Å². The second kappa shape index (κ2) is 6.87. The van der Waals surface area contributed by atoms with Crippen LogP contribution in [0.2, 0.25) is 5.02 Å². The Morgan fingerprint density at radius 2 is 1.48 bits per heavy atom. The molecule has 0 spiro atoms. The van der Waals surface area contributed by atoms with Crippen LogP contribution in [0.5, 0.6) is 0 Å². The lowest BCUT2D eigenvalue weighted by Crippen LogP contribution is -2.37. The molecular weight excluding hydrogens is 314 g/mol. The molecule has 122 valence electrons. The van der Waals surface area contributed by atoms with Gasteiger partial charge in [-0.2, -0.15) is 0 Å². The molecule has 1 aromatic carbocycles. The second-order valence-electron chi connectivity index (χ2n) is 5.32. The molecule has 1 aromatic rings. The van der Waals surface area contributed by atoms with E-state index in [0.29, 0.717) is 27.6 Å². The smallest absolute Gasteiger partial charge is 0.249 e. The Labute approximate surface area is 140 Å². The minimum atomic E-state index is -0.523. The van der Waals surface area contributed by atoms with Crippen LogP contribution in [0.15, 0.2) is 46.8 Å². The van der Waals surface area contributed by atoms with E-state index in [1.54, 1.807) is 20.2 Å². The third kappa shape index (κ3) is 3.10. The number of hydrogen-bond acceptors (Lipinski definition) is 3. The van der Waals surface area contributed by atoms with Crippen LogP contribution in [0.3, 0.4) is 0 Å². The van der Waals surface area contributed by atoms with E-state index in [2.05, 4.69) is 16.0 Å². The van der Waals surface area contributed by atoms with E-state index in [1.165, 1.54) is 0 Å². The van der Waals surface area contributed by atoms with Crippen molar-refractivity contribution in [2.24, 2.45) is 0 Å². The molecule has 3 N–H and O–H groups in total. The molecule has 23 heavy (non-hydrogen) atoms. The first-order chi connectivity index (χ1) is 10.9. The maximum atomic E-state index is 12.4. The summed E-state index contributed by atoms with van der Waals surface area (Å²) in [5.74, 6) is -1.01. The van der Waals surface area contributed by atoms with Crippen molar-refractivity contribution in [1.82, 2.24) is 16.0 Å². The summed E-state index contributed by atoms with van der Waals surface area (Å²) in [4.78, 5) is 24.9. The molecule has 2 amide bonds. The molecule has 6 heteroatoms. The quantitative estimate of drug-likeness (QED) is 0.793. The summed E-state index contributed by atoms with van der Waals surface area (Å²) < 4.78 is 0. The van der Waals surface area contributed by atoms with Gasteiger partial charge < -0.3 is 16.0 Å². The monoisotopic (exact) mass is 333 g/mol. The number of carbonyl (C=O) groups excluding carboxylic acids is 2. The topological polar surface area (TPSA) is 70.2 Å². The lowest BCUT2D eigenvalue weighted by Gasteiger charge is -2.31. The number of likely N-dealkylation sites (N-methyl/N-ethyl adjacent to an activating group) is 2. The van der Waals surface area contributed by atoms with E-state index in [9.17, 15) is 9.59 Å². The average molecular weight is 334 g/mol. The van der Waals surface area contributed by atoms with Gasteiger partial charge in [-0.1, -0.05) is 29.8 Å². The van der Waals surface area contributed by atoms with Gasteiger partial charge in [-0.05, 0) is 25.5 Å².